The molecule has 0 fully saturated rings. The van der Waals surface area contributed by atoms with Crippen LogP contribution in [0.15, 0.2) is 28.1 Å². The molecule has 1 heterocycles. The molecule has 0 saturated heterocycles. The van der Waals surface area contributed by atoms with E-state index in [0.29, 0.717) is 0 Å². The van der Waals surface area contributed by atoms with E-state index in [4.69, 9.17) is 16.3 Å². The fourth-order valence-corrected chi connectivity index (χ4v) is 3.78. The Hall–Kier alpha value is -0.510. The van der Waals surface area contributed by atoms with Gasteiger partial charge in [-0.15, -0.1) is 22.9 Å². The zero-order valence-electron chi connectivity index (χ0n) is 10.5. The van der Waals surface area contributed by atoms with Crippen LogP contribution in [-0.2, 0) is 0 Å². The van der Waals surface area contributed by atoms with Crippen LogP contribution in [-0.4, -0.2) is 7.11 Å². The van der Waals surface area contributed by atoms with E-state index >= 15 is 0 Å². The molecule has 1 unspecified atom stereocenters. The van der Waals surface area contributed by atoms with Crippen molar-refractivity contribution in [3.63, 3.8) is 0 Å². The molecule has 0 spiro atoms. The van der Waals surface area contributed by atoms with Gasteiger partial charge in [-0.2, -0.15) is 0 Å². The molecule has 1 aromatic heterocycles. The number of hydrogen-bond acceptors (Lipinski definition) is 2. The number of hydrogen-bond donors (Lipinski definition) is 0. The number of methoxy groups -OCH3 is 1. The second-order valence-electron chi connectivity index (χ2n) is 4.13. The second-order valence-corrected chi connectivity index (χ2v) is 6.40. The van der Waals surface area contributed by atoms with Gasteiger partial charge in [0.15, 0.2) is 0 Å². The Bertz CT molecular complexity index is 551. The highest BCUT2D eigenvalue weighted by Gasteiger charge is 2.22. The first-order valence-corrected chi connectivity index (χ1v) is 7.68. The maximum Gasteiger partial charge on any atom is 0.127 e. The third-order valence-corrected chi connectivity index (χ3v) is 5.30. The molecule has 18 heavy (non-hydrogen) atoms. The van der Waals surface area contributed by atoms with E-state index in [1.54, 1.807) is 18.4 Å². The van der Waals surface area contributed by atoms with Gasteiger partial charge >= 0.3 is 0 Å². The predicted octanol–water partition coefficient (Wildman–Crippen LogP) is 5.46. The molecule has 0 bridgehead atoms. The topological polar surface area (TPSA) is 9.23 Å². The zero-order chi connectivity index (χ0) is 13.3. The summed E-state index contributed by atoms with van der Waals surface area (Å²) in [6.07, 6.45) is 0. The fourth-order valence-electron chi connectivity index (χ4n) is 2.03. The van der Waals surface area contributed by atoms with Gasteiger partial charge in [0.25, 0.3) is 0 Å². The first-order valence-electron chi connectivity index (χ1n) is 5.57. The predicted molar refractivity (Wildman–Crippen MR) is 82.2 cm³/mol. The van der Waals surface area contributed by atoms with Gasteiger partial charge in [-0.25, -0.2) is 0 Å². The van der Waals surface area contributed by atoms with E-state index in [1.165, 1.54) is 0 Å². The van der Waals surface area contributed by atoms with Gasteiger partial charge in [0.2, 0.25) is 0 Å². The maximum absolute atomic E-state index is 6.62. The molecular formula is C14H14BrClOS. The lowest BCUT2D eigenvalue weighted by Gasteiger charge is -2.19. The molecule has 4 heteroatoms. The summed E-state index contributed by atoms with van der Waals surface area (Å²) in [5, 5.41) is 1.87. The minimum atomic E-state index is -0.170. The van der Waals surface area contributed by atoms with Crippen LogP contribution in [0.4, 0.5) is 0 Å². The second kappa shape index (κ2) is 5.64. The highest BCUT2D eigenvalue weighted by Crippen LogP contribution is 2.43. The largest absolute Gasteiger partial charge is 0.496 e. The van der Waals surface area contributed by atoms with Crippen LogP contribution >= 0.6 is 38.9 Å². The van der Waals surface area contributed by atoms with E-state index < -0.39 is 0 Å². The summed E-state index contributed by atoms with van der Waals surface area (Å²) in [6.45, 7) is 4.09. The summed E-state index contributed by atoms with van der Waals surface area (Å²) < 4.78 is 6.60. The zero-order valence-corrected chi connectivity index (χ0v) is 13.6. The van der Waals surface area contributed by atoms with Gasteiger partial charge in [-0.1, -0.05) is 22.0 Å². The van der Waals surface area contributed by atoms with Crippen LogP contribution in [0.2, 0.25) is 0 Å². The number of benzene rings is 1. The third-order valence-electron chi connectivity index (χ3n) is 2.96. The summed E-state index contributed by atoms with van der Waals surface area (Å²) in [7, 11) is 1.69. The molecule has 0 N–H and O–H groups in total. The van der Waals surface area contributed by atoms with Crippen molar-refractivity contribution < 1.29 is 4.74 Å². The molecule has 2 aromatic rings. The number of alkyl halides is 1. The smallest absolute Gasteiger partial charge is 0.127 e. The lowest BCUT2D eigenvalue weighted by atomic mass is 10.00. The quantitative estimate of drug-likeness (QED) is 0.671. The van der Waals surface area contributed by atoms with Crippen LogP contribution in [0.1, 0.15) is 26.9 Å². The van der Waals surface area contributed by atoms with Crippen molar-refractivity contribution in [1.82, 2.24) is 0 Å². The minimum Gasteiger partial charge on any atom is -0.496 e. The van der Waals surface area contributed by atoms with Gasteiger partial charge in [0.05, 0.1) is 12.5 Å². The van der Waals surface area contributed by atoms with Gasteiger partial charge in [-0.3, -0.25) is 0 Å². The Morgan fingerprint density at radius 1 is 1.39 bits per heavy atom. The Labute approximate surface area is 125 Å². The molecule has 0 aliphatic rings. The van der Waals surface area contributed by atoms with E-state index in [1.807, 2.05) is 18.4 Å². The molecule has 0 amide bonds. The van der Waals surface area contributed by atoms with E-state index in [9.17, 15) is 0 Å². The Balaban J connectivity index is 2.62. The highest BCUT2D eigenvalue weighted by molar-refractivity contribution is 9.10. The van der Waals surface area contributed by atoms with Gasteiger partial charge in [-0.05, 0) is 42.5 Å². The molecule has 0 aliphatic heterocycles. The molecule has 1 atom stereocenters. The van der Waals surface area contributed by atoms with Crippen molar-refractivity contribution in [2.45, 2.75) is 19.2 Å². The summed E-state index contributed by atoms with van der Waals surface area (Å²) in [5.74, 6) is 0.879. The molecule has 0 saturated carbocycles. The summed E-state index contributed by atoms with van der Waals surface area (Å²) in [6, 6.07) is 6.13. The average Bonchev–Trinajstić information content (AvgIpc) is 2.86. The van der Waals surface area contributed by atoms with Gasteiger partial charge < -0.3 is 4.74 Å². The molecule has 96 valence electrons. The lowest BCUT2D eigenvalue weighted by molar-refractivity contribution is 0.406. The van der Waals surface area contributed by atoms with Crippen molar-refractivity contribution in [2.75, 3.05) is 7.11 Å². The first kappa shape index (κ1) is 13.9. The van der Waals surface area contributed by atoms with Crippen molar-refractivity contribution in [1.29, 1.82) is 0 Å². The van der Waals surface area contributed by atoms with Crippen molar-refractivity contribution in [3.05, 3.63) is 49.6 Å². The van der Waals surface area contributed by atoms with Crippen molar-refractivity contribution in [2.24, 2.45) is 0 Å². The van der Waals surface area contributed by atoms with E-state index in [0.717, 1.165) is 31.8 Å². The van der Waals surface area contributed by atoms with Gasteiger partial charge in [0.1, 0.15) is 5.75 Å². The molecular weight excluding hydrogens is 332 g/mol. The number of rotatable bonds is 3. The van der Waals surface area contributed by atoms with Crippen LogP contribution in [0.3, 0.4) is 0 Å². The first-order chi connectivity index (χ1) is 8.56. The van der Waals surface area contributed by atoms with Gasteiger partial charge in [0, 0.05) is 14.9 Å². The number of ether oxygens (including phenoxy) is 1. The molecule has 1 nitrogen and oxygen atoms in total. The summed E-state index contributed by atoms with van der Waals surface area (Å²) >= 11 is 11.9. The van der Waals surface area contributed by atoms with E-state index in [-0.39, 0.29) is 5.38 Å². The lowest BCUT2D eigenvalue weighted by Crippen LogP contribution is -2.02. The molecule has 0 aliphatic carbocycles. The maximum atomic E-state index is 6.62. The minimum absolute atomic E-state index is 0.170. The fraction of sp³-hybridized carbons (Fsp3) is 0.286. The standard InChI is InChI=1S/C14H14BrClOS/c1-8-7-10(15)9(2)12(14(8)17-3)13(16)11-5-4-6-18-11/h4-7,13H,1-3H3. The van der Waals surface area contributed by atoms with Crippen LogP contribution in [0.25, 0.3) is 0 Å². The average molecular weight is 346 g/mol. The number of aryl methyl sites for hydroxylation is 1. The monoisotopic (exact) mass is 344 g/mol. The normalized spacial score (nSPS) is 12.5. The van der Waals surface area contributed by atoms with E-state index in [2.05, 4.69) is 35.0 Å². The number of thiophene rings is 1. The molecule has 1 aromatic carbocycles. The van der Waals surface area contributed by atoms with Crippen LogP contribution < -0.4 is 4.74 Å². The Kier molecular flexibility index (Phi) is 4.36. The molecule has 0 radical (unpaired) electrons. The highest BCUT2D eigenvalue weighted by atomic mass is 79.9. The third kappa shape index (κ3) is 2.44. The van der Waals surface area contributed by atoms with Crippen molar-refractivity contribution in [3.8, 4) is 5.75 Å². The molecule has 2 rings (SSSR count). The Morgan fingerprint density at radius 3 is 2.67 bits per heavy atom. The van der Waals surface area contributed by atoms with Crippen LogP contribution in [0.5, 0.6) is 5.75 Å². The van der Waals surface area contributed by atoms with Crippen LogP contribution in [0, 0.1) is 13.8 Å². The number of halogens is 2. The van der Waals surface area contributed by atoms with Crippen molar-refractivity contribution >= 4 is 38.9 Å². The summed E-state index contributed by atoms with van der Waals surface area (Å²) in [5.41, 5.74) is 3.27. The Morgan fingerprint density at radius 2 is 2.11 bits per heavy atom. The SMILES string of the molecule is COc1c(C)cc(Br)c(C)c1C(Cl)c1cccs1. The summed E-state index contributed by atoms with van der Waals surface area (Å²) in [4.78, 5) is 1.13.